The summed E-state index contributed by atoms with van der Waals surface area (Å²) < 4.78 is 37.9. The van der Waals surface area contributed by atoms with Crippen molar-refractivity contribution >= 4 is 41.9 Å². The summed E-state index contributed by atoms with van der Waals surface area (Å²) in [5.41, 5.74) is 0.555. The van der Waals surface area contributed by atoms with Gasteiger partial charge in [-0.1, -0.05) is 31.9 Å². The predicted octanol–water partition coefficient (Wildman–Crippen LogP) is 2.36. The Morgan fingerprint density at radius 2 is 2.07 bits per heavy atom. The lowest BCUT2D eigenvalue weighted by Gasteiger charge is -2.06. The van der Waals surface area contributed by atoms with Crippen molar-refractivity contribution in [2.75, 3.05) is 4.66 Å². The lowest BCUT2D eigenvalue weighted by Crippen LogP contribution is -2.23. The highest BCUT2D eigenvalue weighted by Crippen LogP contribution is 2.17. The lowest BCUT2D eigenvalue weighted by atomic mass is 10.2. The first-order valence-electron chi connectivity index (χ1n) is 3.92. The van der Waals surface area contributed by atoms with Gasteiger partial charge in [-0.25, -0.2) is 17.5 Å². The Hall–Kier alpha value is 0.0200. The molecule has 3 nitrogen and oxygen atoms in total. The average Bonchev–Trinajstić information content (AvgIpc) is 2.20. The molecule has 7 heteroatoms. The maximum Gasteiger partial charge on any atom is 0.221 e. The van der Waals surface area contributed by atoms with E-state index >= 15 is 0 Å². The molecule has 0 spiro atoms. The molecular formula is C8H8Br2FNO2S. The molecule has 1 aromatic rings. The summed E-state index contributed by atoms with van der Waals surface area (Å²) in [6, 6.07) is 4.11. The smallest absolute Gasteiger partial charge is 0.212 e. The molecule has 0 aromatic heterocycles. The highest BCUT2D eigenvalue weighted by atomic mass is 79.9. The minimum absolute atomic E-state index is 0.0618. The zero-order valence-electron chi connectivity index (χ0n) is 7.50. The highest BCUT2D eigenvalue weighted by Gasteiger charge is 2.09. The van der Waals surface area contributed by atoms with Gasteiger partial charge in [0.05, 0.1) is 0 Å². The van der Waals surface area contributed by atoms with Gasteiger partial charge in [0, 0.05) is 11.0 Å². The zero-order chi connectivity index (χ0) is 11.5. The van der Waals surface area contributed by atoms with Gasteiger partial charge in [0.2, 0.25) is 10.0 Å². The van der Waals surface area contributed by atoms with E-state index in [9.17, 15) is 12.8 Å². The van der Waals surface area contributed by atoms with E-state index in [0.717, 1.165) is 0 Å². The fraction of sp³-hybridized carbons (Fsp3) is 0.250. The molecule has 15 heavy (non-hydrogen) atoms. The van der Waals surface area contributed by atoms with Gasteiger partial charge in [0.25, 0.3) is 0 Å². The minimum atomic E-state index is -3.32. The normalized spacial score (nSPS) is 11.7. The van der Waals surface area contributed by atoms with Crippen LogP contribution in [0.25, 0.3) is 0 Å². The fourth-order valence-electron chi connectivity index (χ4n) is 0.905. The summed E-state index contributed by atoms with van der Waals surface area (Å²) in [5, 5.41) is 0. The van der Waals surface area contributed by atoms with Gasteiger partial charge in [0.15, 0.2) is 0 Å². The van der Waals surface area contributed by atoms with Gasteiger partial charge >= 0.3 is 0 Å². The first kappa shape index (κ1) is 13.1. The Bertz CT molecular complexity index is 450. The molecule has 0 amide bonds. The summed E-state index contributed by atoms with van der Waals surface area (Å²) in [5.74, 6) is -0.397. The molecular weight excluding hydrogens is 353 g/mol. The van der Waals surface area contributed by atoms with Gasteiger partial charge in [0.1, 0.15) is 10.5 Å². The van der Waals surface area contributed by atoms with Crippen LogP contribution in [0.3, 0.4) is 0 Å². The van der Waals surface area contributed by atoms with Crippen molar-refractivity contribution in [3.05, 3.63) is 34.1 Å². The number of nitrogens with one attached hydrogen (secondary N) is 1. The third kappa shape index (κ3) is 4.18. The minimum Gasteiger partial charge on any atom is -0.212 e. The second kappa shape index (κ2) is 5.38. The summed E-state index contributed by atoms with van der Waals surface area (Å²) in [6.45, 7) is 0.0618. The quantitative estimate of drug-likeness (QED) is 0.838. The summed E-state index contributed by atoms with van der Waals surface area (Å²) in [6.07, 6.45) is 0. The molecule has 0 radical (unpaired) electrons. The van der Waals surface area contributed by atoms with Crippen LogP contribution in [0.5, 0.6) is 0 Å². The molecule has 0 aliphatic rings. The first-order valence-corrected chi connectivity index (χ1v) is 7.48. The van der Waals surface area contributed by atoms with E-state index in [4.69, 9.17) is 0 Å². The van der Waals surface area contributed by atoms with Crippen LogP contribution in [0.1, 0.15) is 5.56 Å². The number of sulfonamides is 1. The molecule has 0 bridgehead atoms. The van der Waals surface area contributed by atoms with Crippen LogP contribution < -0.4 is 4.72 Å². The van der Waals surface area contributed by atoms with Gasteiger partial charge in [-0.3, -0.25) is 0 Å². The molecule has 0 heterocycles. The van der Waals surface area contributed by atoms with Crippen LogP contribution in [0, 0.1) is 5.82 Å². The number of rotatable bonds is 4. The van der Waals surface area contributed by atoms with Gasteiger partial charge in [-0.2, -0.15) is 0 Å². The van der Waals surface area contributed by atoms with E-state index in [1.165, 1.54) is 18.2 Å². The summed E-state index contributed by atoms with van der Waals surface area (Å²) in [4.78, 5) is 0. The molecule has 0 aliphatic heterocycles. The number of alkyl halides is 1. The van der Waals surface area contributed by atoms with E-state index in [-0.39, 0.29) is 11.2 Å². The molecule has 0 saturated carbocycles. The maximum atomic E-state index is 12.8. The Labute approximate surface area is 104 Å². The van der Waals surface area contributed by atoms with Crippen molar-refractivity contribution in [3.8, 4) is 0 Å². The van der Waals surface area contributed by atoms with Crippen LogP contribution in [0.15, 0.2) is 22.7 Å². The lowest BCUT2D eigenvalue weighted by molar-refractivity contribution is 0.585. The van der Waals surface area contributed by atoms with Gasteiger partial charge in [-0.05, 0) is 23.8 Å². The van der Waals surface area contributed by atoms with Crippen LogP contribution in [-0.2, 0) is 16.6 Å². The summed E-state index contributed by atoms with van der Waals surface area (Å²) in [7, 11) is -3.32. The van der Waals surface area contributed by atoms with E-state index in [0.29, 0.717) is 10.0 Å². The van der Waals surface area contributed by atoms with Crippen molar-refractivity contribution in [2.45, 2.75) is 6.54 Å². The number of hydrogen-bond acceptors (Lipinski definition) is 2. The molecule has 0 fully saturated rings. The van der Waals surface area contributed by atoms with Crippen LogP contribution in [-0.4, -0.2) is 13.1 Å². The molecule has 0 saturated heterocycles. The number of benzene rings is 1. The Morgan fingerprint density at radius 1 is 1.40 bits per heavy atom. The van der Waals surface area contributed by atoms with Crippen molar-refractivity contribution in [1.29, 1.82) is 0 Å². The van der Waals surface area contributed by atoms with Crippen LogP contribution in [0.2, 0.25) is 0 Å². The van der Waals surface area contributed by atoms with E-state index in [1.807, 2.05) is 0 Å². The Balaban J connectivity index is 2.78. The second-order valence-corrected chi connectivity index (χ2v) is 6.74. The van der Waals surface area contributed by atoms with Crippen molar-refractivity contribution < 1.29 is 12.8 Å². The standard InChI is InChI=1S/C8H8Br2FNO2S/c9-5-15(13,14)12-4-6-3-7(11)1-2-8(6)10/h1-3,12H,4-5H2. The predicted molar refractivity (Wildman–Crippen MR) is 63.7 cm³/mol. The number of hydrogen-bond donors (Lipinski definition) is 1. The molecule has 1 rings (SSSR count). The molecule has 0 atom stereocenters. The van der Waals surface area contributed by atoms with Crippen LogP contribution >= 0.6 is 31.9 Å². The largest absolute Gasteiger partial charge is 0.221 e. The highest BCUT2D eigenvalue weighted by molar-refractivity contribution is 9.11. The SMILES string of the molecule is O=S(=O)(CBr)NCc1cc(F)ccc1Br. The van der Waals surface area contributed by atoms with Crippen LogP contribution in [0.4, 0.5) is 4.39 Å². The third-order valence-electron chi connectivity index (χ3n) is 1.63. The fourth-order valence-corrected chi connectivity index (χ4v) is 2.23. The molecule has 0 unspecified atom stereocenters. The maximum absolute atomic E-state index is 12.8. The van der Waals surface area contributed by atoms with E-state index in [2.05, 4.69) is 36.6 Å². The van der Waals surface area contributed by atoms with Crippen molar-refractivity contribution in [1.82, 2.24) is 4.72 Å². The third-order valence-corrected chi connectivity index (χ3v) is 5.09. The van der Waals surface area contributed by atoms with Crippen molar-refractivity contribution in [2.24, 2.45) is 0 Å². The Kier molecular flexibility index (Phi) is 4.69. The summed E-state index contributed by atoms with van der Waals surface area (Å²) >= 11 is 6.05. The van der Waals surface area contributed by atoms with Gasteiger partial charge < -0.3 is 0 Å². The second-order valence-electron chi connectivity index (χ2n) is 2.78. The van der Waals surface area contributed by atoms with E-state index < -0.39 is 15.8 Å². The molecule has 0 aliphatic carbocycles. The van der Waals surface area contributed by atoms with Gasteiger partial charge in [-0.15, -0.1) is 0 Å². The number of halogens is 3. The molecule has 1 aromatic carbocycles. The zero-order valence-corrected chi connectivity index (χ0v) is 11.5. The molecule has 1 N–H and O–H groups in total. The van der Waals surface area contributed by atoms with Crippen molar-refractivity contribution in [3.63, 3.8) is 0 Å². The topological polar surface area (TPSA) is 46.2 Å². The first-order chi connectivity index (χ1) is 6.94. The monoisotopic (exact) mass is 359 g/mol. The van der Waals surface area contributed by atoms with E-state index in [1.54, 1.807) is 0 Å². The molecule has 84 valence electrons. The average molecular weight is 361 g/mol. The Morgan fingerprint density at radius 3 is 2.67 bits per heavy atom.